The lowest BCUT2D eigenvalue weighted by atomic mass is 10.2. The van der Waals surface area contributed by atoms with Crippen LogP contribution < -0.4 is 5.73 Å². The first-order chi connectivity index (χ1) is 6.61. The summed E-state index contributed by atoms with van der Waals surface area (Å²) >= 11 is 3.10. The number of fused-ring (bicyclic) bond motifs is 1. The van der Waals surface area contributed by atoms with Crippen molar-refractivity contribution in [1.82, 2.24) is 10.2 Å². The number of rotatable bonds is 1. The standard InChI is InChI=1S/C7H5BrN4O2/c8-4-2-1-3-5(6(4)12(13)14)10-11-7(3)9/h1-2H,(H3,9,10,11). The summed E-state index contributed by atoms with van der Waals surface area (Å²) in [6, 6.07) is 3.25. The van der Waals surface area contributed by atoms with Crippen molar-refractivity contribution in [1.29, 1.82) is 0 Å². The third-order valence-electron chi connectivity index (χ3n) is 1.88. The Kier molecular flexibility index (Phi) is 1.88. The molecule has 7 heteroatoms. The summed E-state index contributed by atoms with van der Waals surface area (Å²) in [5.41, 5.74) is 5.80. The number of nitrogen functional groups attached to an aromatic ring is 1. The molecule has 0 spiro atoms. The van der Waals surface area contributed by atoms with E-state index in [9.17, 15) is 10.1 Å². The molecule has 0 atom stereocenters. The molecule has 0 saturated heterocycles. The molecule has 0 amide bonds. The van der Waals surface area contributed by atoms with E-state index >= 15 is 0 Å². The highest BCUT2D eigenvalue weighted by Gasteiger charge is 2.19. The van der Waals surface area contributed by atoms with Gasteiger partial charge >= 0.3 is 5.69 Å². The minimum atomic E-state index is -0.482. The zero-order valence-corrected chi connectivity index (χ0v) is 8.41. The van der Waals surface area contributed by atoms with Crippen molar-refractivity contribution >= 4 is 38.3 Å². The fourth-order valence-electron chi connectivity index (χ4n) is 1.25. The van der Waals surface area contributed by atoms with Gasteiger partial charge in [0.1, 0.15) is 5.52 Å². The van der Waals surface area contributed by atoms with Gasteiger partial charge in [0.25, 0.3) is 0 Å². The number of nitrogens with two attached hydrogens (primary N) is 1. The van der Waals surface area contributed by atoms with Gasteiger partial charge in [-0.2, -0.15) is 5.10 Å². The lowest BCUT2D eigenvalue weighted by Crippen LogP contribution is -1.91. The van der Waals surface area contributed by atoms with Crippen molar-refractivity contribution in [3.8, 4) is 0 Å². The second-order valence-electron chi connectivity index (χ2n) is 2.68. The van der Waals surface area contributed by atoms with E-state index in [0.717, 1.165) is 0 Å². The lowest BCUT2D eigenvalue weighted by Gasteiger charge is -1.95. The van der Waals surface area contributed by atoms with E-state index in [2.05, 4.69) is 26.1 Å². The lowest BCUT2D eigenvalue weighted by molar-refractivity contribution is -0.384. The Morgan fingerprint density at radius 1 is 1.57 bits per heavy atom. The van der Waals surface area contributed by atoms with Crippen molar-refractivity contribution < 1.29 is 4.92 Å². The minimum Gasteiger partial charge on any atom is -0.382 e. The van der Waals surface area contributed by atoms with Gasteiger partial charge in [-0.1, -0.05) is 0 Å². The Hall–Kier alpha value is -1.63. The van der Waals surface area contributed by atoms with Crippen LogP contribution in [0.3, 0.4) is 0 Å². The number of benzene rings is 1. The molecule has 6 nitrogen and oxygen atoms in total. The molecule has 0 bridgehead atoms. The van der Waals surface area contributed by atoms with Crippen LogP contribution in [0.2, 0.25) is 0 Å². The van der Waals surface area contributed by atoms with Gasteiger partial charge in [-0.3, -0.25) is 15.2 Å². The summed E-state index contributed by atoms with van der Waals surface area (Å²) in [6.45, 7) is 0. The quantitative estimate of drug-likeness (QED) is 0.601. The van der Waals surface area contributed by atoms with Crippen LogP contribution in [0.5, 0.6) is 0 Å². The number of H-pyrrole nitrogens is 1. The van der Waals surface area contributed by atoms with Gasteiger partial charge in [-0.15, -0.1) is 0 Å². The van der Waals surface area contributed by atoms with Crippen molar-refractivity contribution in [3.05, 3.63) is 26.7 Å². The average Bonchev–Trinajstić information content (AvgIpc) is 2.47. The number of nitrogens with one attached hydrogen (secondary N) is 1. The average molecular weight is 257 g/mol. The molecular weight excluding hydrogens is 252 g/mol. The number of nitro groups is 1. The smallest absolute Gasteiger partial charge is 0.308 e. The van der Waals surface area contributed by atoms with E-state index in [1.165, 1.54) is 0 Å². The Morgan fingerprint density at radius 3 is 2.93 bits per heavy atom. The predicted octanol–water partition coefficient (Wildman–Crippen LogP) is 1.82. The Balaban J connectivity index is 2.90. The molecule has 14 heavy (non-hydrogen) atoms. The molecule has 3 N–H and O–H groups in total. The third kappa shape index (κ3) is 1.13. The number of halogens is 1. The monoisotopic (exact) mass is 256 g/mol. The highest BCUT2D eigenvalue weighted by atomic mass is 79.9. The van der Waals surface area contributed by atoms with Gasteiger partial charge in [-0.05, 0) is 28.1 Å². The zero-order valence-electron chi connectivity index (χ0n) is 6.82. The van der Waals surface area contributed by atoms with Crippen molar-refractivity contribution in [2.75, 3.05) is 5.73 Å². The second kappa shape index (κ2) is 2.95. The topological polar surface area (TPSA) is 97.8 Å². The maximum Gasteiger partial charge on any atom is 0.308 e. The van der Waals surface area contributed by atoms with Gasteiger partial charge in [0.2, 0.25) is 0 Å². The summed E-state index contributed by atoms with van der Waals surface area (Å²) in [4.78, 5) is 10.2. The molecule has 1 aromatic carbocycles. The van der Waals surface area contributed by atoms with Crippen molar-refractivity contribution in [2.45, 2.75) is 0 Å². The molecule has 0 radical (unpaired) electrons. The third-order valence-corrected chi connectivity index (χ3v) is 2.52. The molecule has 0 fully saturated rings. The second-order valence-corrected chi connectivity index (χ2v) is 3.54. The van der Waals surface area contributed by atoms with Crippen LogP contribution in [0.15, 0.2) is 16.6 Å². The highest BCUT2D eigenvalue weighted by Crippen LogP contribution is 2.33. The molecule has 2 aromatic rings. The number of aromatic amines is 1. The first-order valence-electron chi connectivity index (χ1n) is 3.67. The van der Waals surface area contributed by atoms with E-state index in [1.54, 1.807) is 12.1 Å². The van der Waals surface area contributed by atoms with Gasteiger partial charge in [-0.25, -0.2) is 0 Å². The van der Waals surface area contributed by atoms with Crippen LogP contribution in [0, 0.1) is 10.1 Å². The van der Waals surface area contributed by atoms with Crippen LogP contribution >= 0.6 is 15.9 Å². The van der Waals surface area contributed by atoms with Gasteiger partial charge in [0.05, 0.1) is 14.8 Å². The van der Waals surface area contributed by atoms with E-state index in [-0.39, 0.29) is 11.5 Å². The van der Waals surface area contributed by atoms with E-state index in [1.807, 2.05) is 0 Å². The predicted molar refractivity (Wildman–Crippen MR) is 54.9 cm³/mol. The number of hydrogen-bond acceptors (Lipinski definition) is 4. The molecule has 0 aliphatic carbocycles. The van der Waals surface area contributed by atoms with Crippen molar-refractivity contribution in [3.63, 3.8) is 0 Å². The molecular formula is C7H5BrN4O2. The number of aromatic nitrogens is 2. The molecule has 1 heterocycles. The molecule has 2 rings (SSSR count). The van der Waals surface area contributed by atoms with Gasteiger partial charge in [0.15, 0.2) is 5.82 Å². The summed E-state index contributed by atoms with van der Waals surface area (Å²) in [5.74, 6) is 0.260. The van der Waals surface area contributed by atoms with Crippen LogP contribution in [0.25, 0.3) is 10.9 Å². The normalized spacial score (nSPS) is 10.6. The fourth-order valence-corrected chi connectivity index (χ4v) is 1.72. The summed E-state index contributed by atoms with van der Waals surface area (Å²) in [7, 11) is 0. The molecule has 0 unspecified atom stereocenters. The first-order valence-corrected chi connectivity index (χ1v) is 4.47. The molecule has 72 valence electrons. The van der Waals surface area contributed by atoms with Crippen LogP contribution in [0.4, 0.5) is 11.5 Å². The van der Waals surface area contributed by atoms with Crippen molar-refractivity contribution in [2.24, 2.45) is 0 Å². The number of nitro benzene ring substituents is 1. The Morgan fingerprint density at radius 2 is 2.29 bits per heavy atom. The molecule has 0 aliphatic heterocycles. The zero-order chi connectivity index (χ0) is 10.3. The van der Waals surface area contributed by atoms with Crippen LogP contribution in [-0.2, 0) is 0 Å². The summed E-state index contributed by atoms with van der Waals surface area (Å²) in [5, 5.41) is 17.5. The van der Waals surface area contributed by atoms with Gasteiger partial charge < -0.3 is 5.73 Å². The molecule has 0 saturated carbocycles. The van der Waals surface area contributed by atoms with Crippen LogP contribution in [0.1, 0.15) is 0 Å². The number of nitrogens with zero attached hydrogens (tertiary/aromatic N) is 2. The maximum atomic E-state index is 10.7. The number of hydrogen-bond donors (Lipinski definition) is 2. The molecule has 0 aliphatic rings. The highest BCUT2D eigenvalue weighted by molar-refractivity contribution is 9.10. The van der Waals surface area contributed by atoms with Gasteiger partial charge in [0, 0.05) is 0 Å². The maximum absolute atomic E-state index is 10.7. The van der Waals surface area contributed by atoms with E-state index in [4.69, 9.17) is 5.73 Å². The summed E-state index contributed by atoms with van der Waals surface area (Å²) < 4.78 is 0.402. The van der Waals surface area contributed by atoms with E-state index < -0.39 is 4.92 Å². The largest absolute Gasteiger partial charge is 0.382 e. The first kappa shape index (κ1) is 8.95. The Labute approximate surface area is 86.4 Å². The fraction of sp³-hybridized carbons (Fsp3) is 0. The molecule has 1 aromatic heterocycles. The van der Waals surface area contributed by atoms with E-state index in [0.29, 0.717) is 15.4 Å². The van der Waals surface area contributed by atoms with Crippen LogP contribution in [-0.4, -0.2) is 15.1 Å². The SMILES string of the molecule is Nc1n[nH]c2c([N+](=O)[O-])c(Br)ccc12. The Bertz CT molecular complexity index is 522. The summed E-state index contributed by atoms with van der Waals surface area (Å²) in [6.07, 6.45) is 0. The minimum absolute atomic E-state index is 0.0494. The number of anilines is 1.